The zero-order valence-electron chi connectivity index (χ0n) is 31.2. The molecule has 4 rings (SSSR count). The summed E-state index contributed by atoms with van der Waals surface area (Å²) in [5, 5.41) is 50.1. The van der Waals surface area contributed by atoms with Crippen molar-refractivity contribution in [2.45, 2.75) is 27.0 Å². The third-order valence-electron chi connectivity index (χ3n) is 6.94. The van der Waals surface area contributed by atoms with Crippen LogP contribution in [0.15, 0.2) is 101 Å². The van der Waals surface area contributed by atoms with Crippen molar-refractivity contribution in [2.24, 2.45) is 20.5 Å². The number of nitrogen functional groups attached to an aromatic ring is 1. The van der Waals surface area contributed by atoms with E-state index >= 15 is 0 Å². The van der Waals surface area contributed by atoms with E-state index in [1.165, 1.54) is 0 Å². The third kappa shape index (κ3) is 17.8. The van der Waals surface area contributed by atoms with Crippen molar-refractivity contribution in [3.8, 4) is 5.75 Å². The summed E-state index contributed by atoms with van der Waals surface area (Å²) in [7, 11) is -23.5. The Morgan fingerprint density at radius 1 is 0.672 bits per heavy atom. The van der Waals surface area contributed by atoms with E-state index in [9.17, 15) is 66.8 Å². The molecule has 4 aromatic rings. The van der Waals surface area contributed by atoms with Crippen LogP contribution in [0.1, 0.15) is 7.43 Å². The first kappa shape index (κ1) is 62.8. The third-order valence-corrected chi connectivity index (χ3v) is 13.5. The van der Waals surface area contributed by atoms with Crippen LogP contribution in [-0.2, 0) is 68.2 Å². The van der Waals surface area contributed by atoms with Crippen molar-refractivity contribution in [1.82, 2.24) is 0 Å². The summed E-state index contributed by atoms with van der Waals surface area (Å²) in [6, 6.07) is 10.3. The molecule has 61 heavy (non-hydrogen) atoms. The molecule has 0 radical (unpaired) electrons. The molecule has 34 heteroatoms. The number of nitrogens with zero attached hydrogens (tertiary/aromatic N) is 4. The fourth-order valence-corrected chi connectivity index (χ4v) is 9.58. The number of phenolic OH excluding ortho intramolecular Hbond substituents is 1. The van der Waals surface area contributed by atoms with E-state index < -0.39 is 107 Å². The summed E-state index contributed by atoms with van der Waals surface area (Å²) in [6.45, 7) is -0.944. The van der Waals surface area contributed by atoms with E-state index in [1.807, 2.05) is 0 Å². The average Bonchev–Trinajstić information content (AvgIpc) is 3.11. The molecule has 0 aliphatic rings. The summed E-state index contributed by atoms with van der Waals surface area (Å²) in [5.41, 5.74) is 4.07. The number of hydrogen-bond donors (Lipinski definition) is 2. The van der Waals surface area contributed by atoms with Gasteiger partial charge in [0, 0.05) is 0 Å². The van der Waals surface area contributed by atoms with Gasteiger partial charge in [0.2, 0.25) is 10.4 Å². The van der Waals surface area contributed by atoms with Crippen molar-refractivity contribution in [3.63, 3.8) is 0 Å². The summed E-state index contributed by atoms with van der Waals surface area (Å²) in [5.74, 6) is -3.86. The Morgan fingerprint density at radius 3 is 1.59 bits per heavy atom. The van der Waals surface area contributed by atoms with Gasteiger partial charge in [-0.05, 0) is 66.0 Å². The summed E-state index contributed by atoms with van der Waals surface area (Å²) < 4.78 is 152. The van der Waals surface area contributed by atoms with Gasteiger partial charge in [0.15, 0.2) is 25.4 Å². The zero-order valence-corrected chi connectivity index (χ0v) is 44.1. The largest absolute Gasteiger partial charge is 1.00 e. The van der Waals surface area contributed by atoms with Gasteiger partial charge in [-0.3, -0.25) is 9.22 Å². The van der Waals surface area contributed by atoms with E-state index in [0.29, 0.717) is 0 Å². The minimum absolute atomic E-state index is 0. The average molecular weight is 1010 g/mol. The van der Waals surface area contributed by atoms with Gasteiger partial charge in [-0.1, -0.05) is 7.43 Å². The van der Waals surface area contributed by atoms with Crippen molar-refractivity contribution in [2.75, 3.05) is 29.6 Å². The van der Waals surface area contributed by atoms with Crippen LogP contribution in [0, 0.1) is 0 Å². The Labute approximate surface area is 441 Å². The normalized spacial score (nSPS) is 12.2. The topological polar surface area (TPSA) is 396 Å². The molecule has 0 saturated heterocycles. The number of hydrogen-bond acceptors (Lipinski definition) is 25. The molecule has 0 aliphatic heterocycles. The Balaban J connectivity index is 0. The van der Waals surface area contributed by atoms with Crippen molar-refractivity contribution >= 4 is 102 Å². The molecule has 0 saturated carbocycles. The Hall–Kier alpha value is -0.280. The summed E-state index contributed by atoms with van der Waals surface area (Å²) in [4.78, 5) is -2.04. The Kier molecular flexibility index (Phi) is 26.9. The summed E-state index contributed by atoms with van der Waals surface area (Å²) in [6.07, 6.45) is 0. The quantitative estimate of drug-likeness (QED) is 0.0137. The minimum atomic E-state index is -5.39. The van der Waals surface area contributed by atoms with Crippen molar-refractivity contribution < 1.29 is 203 Å². The molecule has 0 atom stereocenters. The Bertz CT molecular complexity index is 2770. The smallest absolute Gasteiger partial charge is 0.744 e. The monoisotopic (exact) mass is 1010 g/mol. The maximum Gasteiger partial charge on any atom is 1.00 e. The number of benzene rings is 4. The first-order chi connectivity index (χ1) is 26.0. The molecule has 0 fully saturated rings. The molecule has 4 aromatic carbocycles. The molecule has 0 bridgehead atoms. The van der Waals surface area contributed by atoms with Gasteiger partial charge in [-0.25, -0.2) is 42.1 Å². The fourth-order valence-electron chi connectivity index (χ4n) is 4.40. The van der Waals surface area contributed by atoms with E-state index in [-0.39, 0.29) is 170 Å². The van der Waals surface area contributed by atoms with Crippen LogP contribution in [0.2, 0.25) is 0 Å². The van der Waals surface area contributed by atoms with Gasteiger partial charge in [0.25, 0.3) is 10.1 Å². The number of anilines is 1. The molecule has 0 unspecified atom stereocenters. The predicted octanol–water partition coefficient (Wildman–Crippen LogP) is -10.6. The minimum Gasteiger partial charge on any atom is -0.744 e. The number of sulfone groups is 2. The predicted molar refractivity (Wildman–Crippen MR) is 189 cm³/mol. The SMILES string of the molecule is C.Nc1c(N=Nc2ccc(S(=O)(=O)CCS(=O)(=O)O[O-])cc2)c(S(=O)(=O)[O-])cc2cc(SOO[O-])c(N=Nc3ccc(S(=O)(=O)CCOS(=O)(=O)[O-])cc3)c(O)c12.[Na+].[Na+].[Na+].[Na+]. The van der Waals surface area contributed by atoms with Crippen LogP contribution >= 0.6 is 12.0 Å². The number of aromatic hydroxyl groups is 1. The Morgan fingerprint density at radius 2 is 1.15 bits per heavy atom. The van der Waals surface area contributed by atoms with E-state index in [4.69, 9.17) is 5.73 Å². The number of phenols is 1. The maximum absolute atomic E-state index is 12.5. The van der Waals surface area contributed by atoms with Gasteiger partial charge in [-0.2, -0.15) is 14.6 Å². The maximum atomic E-state index is 12.5. The van der Waals surface area contributed by atoms with E-state index in [1.54, 1.807) is 0 Å². The van der Waals surface area contributed by atoms with E-state index in [0.717, 1.165) is 60.7 Å². The van der Waals surface area contributed by atoms with Gasteiger partial charge in [-0.15, -0.1) is 10.2 Å². The molecule has 312 valence electrons. The van der Waals surface area contributed by atoms with Crippen LogP contribution in [0.3, 0.4) is 0 Å². The second-order valence-electron chi connectivity index (χ2n) is 10.6. The molecular weight excluding hydrogens is 983 g/mol. The molecule has 0 heterocycles. The summed E-state index contributed by atoms with van der Waals surface area (Å²) >= 11 is 0.158. The molecule has 3 N–H and O–H groups in total. The molecule has 24 nitrogen and oxygen atoms in total. The zero-order chi connectivity index (χ0) is 41.7. The van der Waals surface area contributed by atoms with Crippen LogP contribution in [0.5, 0.6) is 5.75 Å². The number of rotatable bonds is 18. The first-order valence-corrected chi connectivity index (χ1v) is 22.7. The standard InChI is InChI=1S/C26H25N5O19S6.CH4.4Na/c27-23-22-15(14-21(55(41,42)43)25(23)31-29-17-3-7-19(8-4-17)53(37,38)11-12-54(39,40)49-34)13-20(51-50-48-33)24(26(22)32)30-28-16-1-5-18(6-2-16)52(35,36)10-9-47-56(44,45)46;;;;;/h1-8,13-14,32-34H,9-12,27H2,(H,41,42,43)(H,44,45,46);1H4;;;;/q;;4*+1/p-4. The van der Waals surface area contributed by atoms with Crippen LogP contribution in [0.4, 0.5) is 28.4 Å². The van der Waals surface area contributed by atoms with Gasteiger partial charge in [0.05, 0.1) is 77.9 Å². The molecule has 0 aromatic heterocycles. The first-order valence-electron chi connectivity index (χ1n) is 14.3. The molecule has 0 aliphatic carbocycles. The fraction of sp³-hybridized carbons (Fsp3) is 0.185. The van der Waals surface area contributed by atoms with Gasteiger partial charge < -0.3 is 34.8 Å². The van der Waals surface area contributed by atoms with Gasteiger partial charge in [0.1, 0.15) is 21.5 Å². The van der Waals surface area contributed by atoms with Gasteiger partial charge >= 0.3 is 118 Å². The molecular formula is C27H25N5Na4O19S6. The number of fused-ring (bicyclic) bond motifs is 1. The number of azo groups is 2. The van der Waals surface area contributed by atoms with Crippen LogP contribution < -0.4 is 134 Å². The second kappa shape index (κ2) is 26.2. The second-order valence-corrected chi connectivity index (χ2v) is 19.6. The number of nitrogens with two attached hydrogens (primary N) is 1. The molecule has 0 amide bonds. The van der Waals surface area contributed by atoms with Crippen molar-refractivity contribution in [3.05, 3.63) is 60.7 Å². The van der Waals surface area contributed by atoms with Crippen LogP contribution in [0.25, 0.3) is 10.8 Å². The molecule has 0 spiro atoms. The van der Waals surface area contributed by atoms with Crippen LogP contribution in [-0.4, -0.2) is 80.2 Å². The van der Waals surface area contributed by atoms with E-state index in [2.05, 4.69) is 38.3 Å². The van der Waals surface area contributed by atoms with Crippen molar-refractivity contribution in [1.29, 1.82) is 0 Å².